The molecule has 0 aliphatic carbocycles. The second-order valence-electron chi connectivity index (χ2n) is 4.36. The molecule has 0 bridgehead atoms. The highest BCUT2D eigenvalue weighted by Gasteiger charge is 2.22. The monoisotopic (exact) mass is 257 g/mol. The summed E-state index contributed by atoms with van der Waals surface area (Å²) in [6.07, 6.45) is 0.989. The molecule has 2 amide bonds. The van der Waals surface area contributed by atoms with Crippen LogP contribution in [0.15, 0.2) is 0 Å². The Morgan fingerprint density at radius 2 is 1.83 bits per heavy atom. The molecule has 0 aromatic carbocycles. The summed E-state index contributed by atoms with van der Waals surface area (Å²) in [6, 6.07) is 0.0118. The molecule has 7 nitrogen and oxygen atoms in total. The Morgan fingerprint density at radius 3 is 2.33 bits per heavy atom. The number of carboxylic acid groups (broad SMARTS) is 1. The van der Waals surface area contributed by atoms with Gasteiger partial charge in [0.2, 0.25) is 11.8 Å². The smallest absolute Gasteiger partial charge is 0.312 e. The van der Waals surface area contributed by atoms with E-state index >= 15 is 0 Å². The molecule has 0 saturated carbocycles. The van der Waals surface area contributed by atoms with Crippen LogP contribution in [0.25, 0.3) is 0 Å². The molecule has 1 rings (SSSR count). The third kappa shape index (κ3) is 5.13. The van der Waals surface area contributed by atoms with Crippen LogP contribution in [0.5, 0.6) is 0 Å². The molecule has 18 heavy (non-hydrogen) atoms. The summed E-state index contributed by atoms with van der Waals surface area (Å²) >= 11 is 0. The van der Waals surface area contributed by atoms with Crippen LogP contribution in [-0.4, -0.2) is 60.5 Å². The topological polar surface area (TPSA) is 98.7 Å². The number of hydrogen-bond acceptors (Lipinski definition) is 4. The fourth-order valence-electron chi connectivity index (χ4n) is 1.93. The van der Waals surface area contributed by atoms with Gasteiger partial charge in [0.1, 0.15) is 6.42 Å². The molecule has 1 aliphatic rings. The van der Waals surface area contributed by atoms with Gasteiger partial charge in [-0.15, -0.1) is 0 Å². The van der Waals surface area contributed by atoms with Gasteiger partial charge in [-0.05, 0) is 12.8 Å². The van der Waals surface area contributed by atoms with E-state index in [2.05, 4.69) is 10.6 Å². The Kier molecular flexibility index (Phi) is 5.57. The second kappa shape index (κ2) is 6.95. The Bertz CT molecular complexity index is 324. The van der Waals surface area contributed by atoms with Crippen LogP contribution in [0.3, 0.4) is 0 Å². The molecule has 0 aromatic rings. The summed E-state index contributed by atoms with van der Waals surface area (Å²) in [5.41, 5.74) is 0. The average Bonchev–Trinajstić information content (AvgIpc) is 2.30. The lowest BCUT2D eigenvalue weighted by atomic mass is 10.0. The van der Waals surface area contributed by atoms with E-state index in [0.29, 0.717) is 6.54 Å². The fourth-order valence-corrected chi connectivity index (χ4v) is 1.93. The standard InChI is InChI=1S/C11H19N3O4/c1-12-10(16)7-14-4-2-8(3-5-14)13-9(15)6-11(17)18/h8H,2-7H2,1H3,(H,12,16)(H,13,15)(H,17,18). The number of carbonyl (C=O) groups excluding carboxylic acids is 2. The summed E-state index contributed by atoms with van der Waals surface area (Å²) in [5.74, 6) is -1.60. The maximum Gasteiger partial charge on any atom is 0.312 e. The molecule has 0 aromatic heterocycles. The van der Waals surface area contributed by atoms with E-state index in [1.165, 1.54) is 0 Å². The molecular formula is C11H19N3O4. The maximum atomic E-state index is 11.3. The predicted octanol–water partition coefficient (Wildman–Crippen LogP) is -1.21. The van der Waals surface area contributed by atoms with Crippen LogP contribution in [0, 0.1) is 0 Å². The molecule has 1 aliphatic heterocycles. The highest BCUT2D eigenvalue weighted by molar-refractivity contribution is 5.93. The van der Waals surface area contributed by atoms with Crippen molar-refractivity contribution in [3.05, 3.63) is 0 Å². The zero-order valence-electron chi connectivity index (χ0n) is 10.4. The van der Waals surface area contributed by atoms with Crippen molar-refractivity contribution in [2.75, 3.05) is 26.7 Å². The van der Waals surface area contributed by atoms with Crippen molar-refractivity contribution in [2.45, 2.75) is 25.3 Å². The van der Waals surface area contributed by atoms with Gasteiger partial charge in [0.05, 0.1) is 6.54 Å². The van der Waals surface area contributed by atoms with Crippen molar-refractivity contribution in [1.82, 2.24) is 15.5 Å². The number of nitrogens with zero attached hydrogens (tertiary/aromatic N) is 1. The Hall–Kier alpha value is -1.63. The van der Waals surface area contributed by atoms with Gasteiger partial charge in [0.15, 0.2) is 0 Å². The largest absolute Gasteiger partial charge is 0.481 e. The number of piperidine rings is 1. The number of nitrogens with one attached hydrogen (secondary N) is 2. The van der Waals surface area contributed by atoms with Gasteiger partial charge in [0, 0.05) is 26.2 Å². The summed E-state index contributed by atoms with van der Waals surface area (Å²) in [4.78, 5) is 34.8. The molecule has 0 radical (unpaired) electrons. The van der Waals surface area contributed by atoms with Gasteiger partial charge >= 0.3 is 5.97 Å². The van der Waals surface area contributed by atoms with Crippen molar-refractivity contribution < 1.29 is 19.5 Å². The molecule has 0 spiro atoms. The molecular weight excluding hydrogens is 238 g/mol. The van der Waals surface area contributed by atoms with Crippen molar-refractivity contribution in [3.63, 3.8) is 0 Å². The summed E-state index contributed by atoms with van der Waals surface area (Å²) in [5, 5.41) is 13.7. The maximum absolute atomic E-state index is 11.3. The van der Waals surface area contributed by atoms with Gasteiger partial charge in [-0.25, -0.2) is 0 Å². The zero-order valence-corrected chi connectivity index (χ0v) is 10.4. The van der Waals surface area contributed by atoms with Gasteiger partial charge < -0.3 is 15.7 Å². The number of likely N-dealkylation sites (N-methyl/N-ethyl adjacent to an activating group) is 1. The van der Waals surface area contributed by atoms with Gasteiger partial charge in [-0.1, -0.05) is 0 Å². The van der Waals surface area contributed by atoms with E-state index in [4.69, 9.17) is 5.11 Å². The Labute approximate surface area is 106 Å². The average molecular weight is 257 g/mol. The number of hydrogen-bond donors (Lipinski definition) is 3. The van der Waals surface area contributed by atoms with Crippen LogP contribution in [0.1, 0.15) is 19.3 Å². The molecule has 1 fully saturated rings. The molecule has 0 atom stereocenters. The van der Waals surface area contributed by atoms with E-state index in [1.807, 2.05) is 4.90 Å². The van der Waals surface area contributed by atoms with Crippen molar-refractivity contribution in [2.24, 2.45) is 0 Å². The lowest BCUT2D eigenvalue weighted by molar-refractivity contribution is -0.141. The third-order valence-corrected chi connectivity index (χ3v) is 2.91. The first kappa shape index (κ1) is 14.4. The lowest BCUT2D eigenvalue weighted by Gasteiger charge is -2.31. The molecule has 3 N–H and O–H groups in total. The fraction of sp³-hybridized carbons (Fsp3) is 0.727. The number of aliphatic carboxylic acids is 1. The Balaban J connectivity index is 2.25. The lowest BCUT2D eigenvalue weighted by Crippen LogP contribution is -2.47. The van der Waals surface area contributed by atoms with Crippen molar-refractivity contribution in [3.8, 4) is 0 Å². The number of carbonyl (C=O) groups is 3. The predicted molar refractivity (Wildman–Crippen MR) is 63.9 cm³/mol. The van der Waals surface area contributed by atoms with E-state index in [1.54, 1.807) is 7.05 Å². The molecule has 1 heterocycles. The van der Waals surface area contributed by atoms with Crippen LogP contribution in [-0.2, 0) is 14.4 Å². The van der Waals surface area contributed by atoms with E-state index in [-0.39, 0.29) is 11.9 Å². The number of carboxylic acids is 1. The second-order valence-corrected chi connectivity index (χ2v) is 4.36. The van der Waals surface area contributed by atoms with Crippen LogP contribution < -0.4 is 10.6 Å². The number of rotatable bonds is 5. The SMILES string of the molecule is CNC(=O)CN1CCC(NC(=O)CC(=O)O)CC1. The quantitative estimate of drug-likeness (QED) is 0.537. The van der Waals surface area contributed by atoms with Crippen LogP contribution >= 0.6 is 0 Å². The highest BCUT2D eigenvalue weighted by atomic mass is 16.4. The minimum Gasteiger partial charge on any atom is -0.481 e. The molecule has 1 saturated heterocycles. The Morgan fingerprint density at radius 1 is 1.22 bits per heavy atom. The number of amides is 2. The normalized spacial score (nSPS) is 17.2. The molecule has 0 unspecified atom stereocenters. The van der Waals surface area contributed by atoms with E-state index < -0.39 is 18.3 Å². The minimum absolute atomic E-state index is 0.0118. The highest BCUT2D eigenvalue weighted by Crippen LogP contribution is 2.09. The summed E-state index contributed by atoms with van der Waals surface area (Å²) < 4.78 is 0. The first-order valence-corrected chi connectivity index (χ1v) is 5.95. The van der Waals surface area contributed by atoms with Gasteiger partial charge in [-0.3, -0.25) is 19.3 Å². The molecule has 102 valence electrons. The third-order valence-electron chi connectivity index (χ3n) is 2.91. The van der Waals surface area contributed by atoms with Crippen molar-refractivity contribution >= 4 is 17.8 Å². The first-order chi connectivity index (χ1) is 8.51. The number of likely N-dealkylation sites (tertiary alicyclic amines) is 1. The molecule has 7 heteroatoms. The zero-order chi connectivity index (χ0) is 13.5. The van der Waals surface area contributed by atoms with Crippen LogP contribution in [0.2, 0.25) is 0 Å². The summed E-state index contributed by atoms with van der Waals surface area (Å²) in [7, 11) is 1.60. The summed E-state index contributed by atoms with van der Waals surface area (Å²) in [6.45, 7) is 1.82. The van der Waals surface area contributed by atoms with Crippen molar-refractivity contribution in [1.29, 1.82) is 0 Å². The van der Waals surface area contributed by atoms with Gasteiger partial charge in [0.25, 0.3) is 0 Å². The van der Waals surface area contributed by atoms with E-state index in [0.717, 1.165) is 25.9 Å². The first-order valence-electron chi connectivity index (χ1n) is 5.95. The van der Waals surface area contributed by atoms with E-state index in [9.17, 15) is 14.4 Å². The van der Waals surface area contributed by atoms with Crippen LogP contribution in [0.4, 0.5) is 0 Å². The minimum atomic E-state index is -1.12. The van der Waals surface area contributed by atoms with Gasteiger partial charge in [-0.2, -0.15) is 0 Å².